The van der Waals surface area contributed by atoms with Gasteiger partial charge in [-0.15, -0.1) is 0 Å². The summed E-state index contributed by atoms with van der Waals surface area (Å²) < 4.78 is 64.1. The zero-order valence-corrected chi connectivity index (χ0v) is 44.3. The third-order valence-electron chi connectivity index (χ3n) is 13.1. The number of aliphatic hydroxyl groups is 1. The van der Waals surface area contributed by atoms with E-state index in [0.29, 0.717) is 6.61 Å². The summed E-state index contributed by atoms with van der Waals surface area (Å²) in [5.74, 6) is -2.41. The van der Waals surface area contributed by atoms with Gasteiger partial charge in [0.25, 0.3) is 0 Å². The van der Waals surface area contributed by atoms with E-state index < -0.39 is 91.3 Å². The highest BCUT2D eigenvalue weighted by Crippen LogP contribution is 2.39. The van der Waals surface area contributed by atoms with Gasteiger partial charge in [0, 0.05) is 4.90 Å². The smallest absolute Gasteiger partial charge is 0.338 e. The molecule has 2 saturated heterocycles. The van der Waals surface area contributed by atoms with Crippen molar-refractivity contribution in [3.8, 4) is 0 Å². The largest absolute Gasteiger partial charge is 0.457 e. The van der Waals surface area contributed by atoms with Crippen molar-refractivity contribution < 1.29 is 66.9 Å². The van der Waals surface area contributed by atoms with Crippen LogP contribution in [0.3, 0.4) is 0 Å². The van der Waals surface area contributed by atoms with Crippen LogP contribution >= 0.6 is 11.8 Å². The molecule has 10 atom stereocenters. The minimum atomic E-state index is -1.58. The summed E-state index contributed by atoms with van der Waals surface area (Å²) in [5.41, 5.74) is 3.87. The summed E-state index contributed by atoms with van der Waals surface area (Å²) in [7, 11) is 0. The molecule has 0 radical (unpaired) electrons. The van der Waals surface area contributed by atoms with Crippen LogP contribution in [0.4, 0.5) is 0 Å². The molecule has 15 heteroatoms. The third-order valence-corrected chi connectivity index (χ3v) is 14.3. The van der Waals surface area contributed by atoms with Crippen LogP contribution in [0.1, 0.15) is 51.0 Å². The van der Waals surface area contributed by atoms with Gasteiger partial charge in [0.05, 0.1) is 64.7 Å². The summed E-state index contributed by atoms with van der Waals surface area (Å²) >= 11 is 1.42. The Morgan fingerprint density at radius 1 is 0.405 bits per heavy atom. The predicted molar refractivity (Wildman–Crippen MR) is 294 cm³/mol. The Morgan fingerprint density at radius 3 is 1.30 bits per heavy atom. The fourth-order valence-corrected chi connectivity index (χ4v) is 10.2. The number of rotatable bonds is 26. The molecular weight excluding hydrogens is 1020 g/mol. The van der Waals surface area contributed by atoms with Gasteiger partial charge in [-0.05, 0) is 52.1 Å². The zero-order valence-electron chi connectivity index (χ0n) is 43.5. The molecule has 0 amide bonds. The molecule has 2 aliphatic rings. The second kappa shape index (κ2) is 29.8. The van der Waals surface area contributed by atoms with Crippen LogP contribution in [0.25, 0.3) is 0 Å². The van der Waals surface area contributed by atoms with Crippen molar-refractivity contribution in [3.63, 3.8) is 0 Å². The Kier molecular flexibility index (Phi) is 21.4. The number of carbonyl (C=O) groups is 3. The minimum Gasteiger partial charge on any atom is -0.457 e. The molecule has 2 heterocycles. The lowest BCUT2D eigenvalue weighted by Gasteiger charge is -2.45. The van der Waals surface area contributed by atoms with Crippen LogP contribution in [0.15, 0.2) is 217 Å². The van der Waals surface area contributed by atoms with Crippen molar-refractivity contribution in [1.82, 2.24) is 0 Å². The van der Waals surface area contributed by atoms with Crippen molar-refractivity contribution >= 4 is 29.7 Å². The van der Waals surface area contributed by atoms with Crippen molar-refractivity contribution in [3.05, 3.63) is 246 Å². The van der Waals surface area contributed by atoms with Gasteiger partial charge in [-0.2, -0.15) is 0 Å². The van der Waals surface area contributed by atoms with Crippen LogP contribution in [-0.2, 0) is 90.0 Å². The van der Waals surface area contributed by atoms with Gasteiger partial charge in [0.1, 0.15) is 36.0 Å². The molecule has 79 heavy (non-hydrogen) atoms. The summed E-state index contributed by atoms with van der Waals surface area (Å²) in [4.78, 5) is 43.4. The fraction of sp³-hybridized carbons (Fsp3) is 0.297. The summed E-state index contributed by atoms with van der Waals surface area (Å²) in [6, 6.07) is 65.8. The summed E-state index contributed by atoms with van der Waals surface area (Å²) in [6.07, 6.45) is -11.7. The molecule has 2 fully saturated rings. The number of thioether (sulfide) groups is 1. The van der Waals surface area contributed by atoms with Gasteiger partial charge >= 0.3 is 17.9 Å². The number of benzene rings is 7. The molecule has 0 aromatic heterocycles. The van der Waals surface area contributed by atoms with Crippen LogP contribution < -0.4 is 0 Å². The number of hydrogen-bond donors (Lipinski definition) is 1. The van der Waals surface area contributed by atoms with E-state index in [-0.39, 0.29) is 45.2 Å². The first-order valence-corrected chi connectivity index (χ1v) is 27.3. The van der Waals surface area contributed by atoms with Crippen LogP contribution in [-0.4, -0.2) is 96.8 Å². The average Bonchev–Trinajstić information content (AvgIpc) is 3.49. The molecule has 1 N–H and O–H groups in total. The molecule has 9 rings (SSSR count). The van der Waals surface area contributed by atoms with Crippen molar-refractivity contribution in [1.29, 1.82) is 0 Å². The molecule has 410 valence electrons. The molecule has 14 nitrogen and oxygen atoms in total. The SMILES string of the molecule is O=C(CCC(=O)O[C@H]1[C@H](O)[C@@H](COCc2ccccc2)O[C@H](OCc2ccccc2)[C@@H]1OC(=O)c1ccccc1)O[C@@H]1[C@H](OCc2ccccc2)[C@@H](Sc2ccccc2)O[C@H](COCc2ccccc2)[C@H]1OCc1ccccc1. The Bertz CT molecular complexity index is 2890. The van der Waals surface area contributed by atoms with Crippen molar-refractivity contribution in [2.24, 2.45) is 0 Å². The molecule has 0 spiro atoms. The molecule has 7 aromatic rings. The minimum absolute atomic E-state index is 0.0220. The topological polar surface area (TPSA) is 164 Å². The highest BCUT2D eigenvalue weighted by Gasteiger charge is 2.52. The third kappa shape index (κ3) is 17.0. The Morgan fingerprint density at radius 2 is 0.810 bits per heavy atom. The molecule has 2 aliphatic heterocycles. The number of carbonyl (C=O) groups excluding carboxylic acids is 3. The van der Waals surface area contributed by atoms with E-state index in [1.165, 1.54) is 11.8 Å². The van der Waals surface area contributed by atoms with Crippen molar-refractivity contribution in [2.75, 3.05) is 13.2 Å². The Balaban J connectivity index is 0.969. The van der Waals surface area contributed by atoms with E-state index in [4.69, 9.17) is 47.4 Å². The van der Waals surface area contributed by atoms with Gasteiger partial charge in [0.2, 0.25) is 0 Å². The first-order valence-electron chi connectivity index (χ1n) is 26.4. The molecule has 0 bridgehead atoms. The van der Waals surface area contributed by atoms with Gasteiger partial charge < -0.3 is 52.5 Å². The highest BCUT2D eigenvalue weighted by atomic mass is 32.2. The van der Waals surface area contributed by atoms with Crippen LogP contribution in [0, 0.1) is 0 Å². The highest BCUT2D eigenvalue weighted by molar-refractivity contribution is 7.99. The van der Waals surface area contributed by atoms with E-state index >= 15 is 0 Å². The molecule has 7 aromatic carbocycles. The number of aliphatic hydroxyl groups excluding tert-OH is 1. The lowest BCUT2D eigenvalue weighted by atomic mass is 9.98. The normalized spacial score (nSPS) is 22.8. The Hall–Kier alpha value is -7.02. The summed E-state index contributed by atoms with van der Waals surface area (Å²) in [6.45, 7) is 0.730. The van der Waals surface area contributed by atoms with Crippen molar-refractivity contribution in [2.45, 2.75) is 111 Å². The van der Waals surface area contributed by atoms with E-state index in [1.807, 2.05) is 182 Å². The second-order valence-corrected chi connectivity index (χ2v) is 20.1. The van der Waals surface area contributed by atoms with Gasteiger partial charge in [-0.1, -0.05) is 200 Å². The monoisotopic (exact) mass is 1090 g/mol. The lowest BCUT2D eigenvalue weighted by molar-refractivity contribution is -0.307. The maximum atomic E-state index is 14.5. The number of ether oxygens (including phenoxy) is 10. The predicted octanol–water partition coefficient (Wildman–Crippen LogP) is 10.2. The Labute approximate surface area is 464 Å². The maximum absolute atomic E-state index is 14.5. The fourth-order valence-electron chi connectivity index (χ4n) is 9.09. The molecular formula is C64H64O14S. The quantitative estimate of drug-likeness (QED) is 0.0402. The molecule has 0 aliphatic carbocycles. The maximum Gasteiger partial charge on any atom is 0.338 e. The van der Waals surface area contributed by atoms with Crippen LogP contribution in [0.2, 0.25) is 0 Å². The van der Waals surface area contributed by atoms with E-state index in [9.17, 15) is 19.5 Å². The summed E-state index contributed by atoms with van der Waals surface area (Å²) in [5, 5.41) is 12.1. The first kappa shape index (κ1) is 56.7. The number of esters is 3. The van der Waals surface area contributed by atoms with Crippen LogP contribution in [0.5, 0.6) is 0 Å². The van der Waals surface area contributed by atoms with E-state index in [2.05, 4.69) is 0 Å². The molecule has 0 unspecified atom stereocenters. The lowest BCUT2D eigenvalue weighted by Crippen LogP contribution is -2.62. The standard InChI is InChI=1S/C64H64O14S/c65-54(76-58-56(67)52(43-69-38-45-22-8-1-9-23-45)74-63(73-42-49-30-16-5-17-31-49)60(58)78-62(68)50-32-18-6-19-33-50)36-37-55(66)77-59-57(71-40-47-26-12-3-13-27-47)53(44-70-39-46-24-10-2-11-25-46)75-64(79-51-34-20-7-21-35-51)61(59)72-41-48-28-14-4-15-29-48/h1-35,52-53,56-61,63-64,67H,36-44H2/t52-,53-,56-,57-,58+,59+,60-,61+,63+,64-/m1/s1. The van der Waals surface area contributed by atoms with Gasteiger partial charge in [-0.25, -0.2) is 4.79 Å². The molecule has 0 saturated carbocycles. The van der Waals surface area contributed by atoms with E-state index in [1.54, 1.807) is 30.3 Å². The zero-order chi connectivity index (χ0) is 54.4. The van der Waals surface area contributed by atoms with Gasteiger partial charge in [-0.3, -0.25) is 9.59 Å². The van der Waals surface area contributed by atoms with E-state index in [0.717, 1.165) is 32.7 Å². The second-order valence-electron chi connectivity index (χ2n) is 19.0. The van der Waals surface area contributed by atoms with Gasteiger partial charge in [0.15, 0.2) is 24.6 Å². The average molecular weight is 1090 g/mol. The first-order chi connectivity index (χ1) is 38.8. The number of hydrogen-bond acceptors (Lipinski definition) is 15.